The number of nitrogens with zero attached hydrogens (tertiary/aromatic N) is 1. The van der Waals surface area contributed by atoms with Crippen LogP contribution in [0.3, 0.4) is 0 Å². The molecule has 0 bridgehead atoms. The van der Waals surface area contributed by atoms with Crippen molar-refractivity contribution in [3.8, 4) is 0 Å². The van der Waals surface area contributed by atoms with E-state index in [0.29, 0.717) is 12.8 Å². The van der Waals surface area contributed by atoms with Gasteiger partial charge in [0.25, 0.3) is 0 Å². The fraction of sp³-hybridized carbons (Fsp3) is 1.00. The van der Waals surface area contributed by atoms with Crippen LogP contribution in [0.2, 0.25) is 0 Å². The Kier molecular flexibility index (Phi) is 33.2. The minimum atomic E-state index is -5.53. The summed E-state index contributed by atoms with van der Waals surface area (Å²) in [7, 11) is -5.53. The third-order valence-electron chi connectivity index (χ3n) is 10.8. The molecule has 0 aliphatic heterocycles. The average Bonchev–Trinajstić information content (AvgIpc) is 3.14. The summed E-state index contributed by atoms with van der Waals surface area (Å²) in [5.74, 6) is 0. The molecule has 9 atom stereocenters. The van der Waals surface area contributed by atoms with E-state index in [1.54, 1.807) is 0 Å². The van der Waals surface area contributed by atoms with Crippen molar-refractivity contribution >= 4 is 10.1 Å². The minimum absolute atomic E-state index is 0.0256. The Hall–Kier alpha value is -0.760. The van der Waals surface area contributed by atoms with E-state index in [9.17, 15) is 52.5 Å². The summed E-state index contributed by atoms with van der Waals surface area (Å²) in [4.78, 5) is 0. The third-order valence-corrected chi connectivity index (χ3v) is 12.0. The number of halogens is 9. The molecule has 0 radical (unpaired) electrons. The fourth-order valence-corrected chi connectivity index (χ4v) is 7.52. The van der Waals surface area contributed by atoms with E-state index in [2.05, 4.69) is 34.6 Å². The van der Waals surface area contributed by atoms with Gasteiger partial charge in [-0.05, 0) is 34.1 Å². The van der Waals surface area contributed by atoms with E-state index in [0.717, 1.165) is 32.1 Å². The summed E-state index contributed by atoms with van der Waals surface area (Å²) < 4.78 is 160. The van der Waals surface area contributed by atoms with E-state index in [1.807, 2.05) is 0 Å². The summed E-state index contributed by atoms with van der Waals surface area (Å²) >= 11 is 0. The van der Waals surface area contributed by atoms with Crippen LogP contribution in [0.25, 0.3) is 0 Å². The van der Waals surface area contributed by atoms with Crippen LogP contribution in [0.5, 0.6) is 0 Å². The van der Waals surface area contributed by atoms with E-state index >= 15 is 0 Å². The van der Waals surface area contributed by atoms with Crippen LogP contribution in [0.1, 0.15) is 163 Å². The number of quaternary nitrogens is 1. The number of unbranched alkanes of at least 4 members (excludes halogenated alkanes) is 17. The molecule has 0 aliphatic rings. The van der Waals surface area contributed by atoms with Crippen molar-refractivity contribution in [3.63, 3.8) is 0 Å². The lowest BCUT2D eigenvalue weighted by atomic mass is 9.95. The average molecular weight is 808 g/mol. The molecule has 0 aromatic heterocycles. The van der Waals surface area contributed by atoms with E-state index in [-0.39, 0.29) is 6.42 Å². The van der Waals surface area contributed by atoms with Gasteiger partial charge in [0.1, 0.15) is 22.5 Å². The Balaban J connectivity index is 0. The predicted octanol–water partition coefficient (Wildman–Crippen LogP) is 12.3. The molecule has 0 spiro atoms. The first kappa shape index (κ1) is 54.3. The van der Waals surface area contributed by atoms with Crippen molar-refractivity contribution in [1.29, 1.82) is 0 Å². The molecule has 0 saturated carbocycles. The monoisotopic (exact) mass is 808 g/mol. The van der Waals surface area contributed by atoms with Crippen molar-refractivity contribution in [3.05, 3.63) is 0 Å². The number of alkyl halides is 9. The van der Waals surface area contributed by atoms with Gasteiger partial charge in [0.2, 0.25) is 0 Å². The van der Waals surface area contributed by atoms with Gasteiger partial charge in [-0.2, -0.15) is 0 Å². The molecule has 0 amide bonds. The Bertz CT molecular complexity index is 918. The lowest BCUT2D eigenvalue weighted by molar-refractivity contribution is -0.921. The Morgan fingerprint density at radius 1 is 0.434 bits per heavy atom. The van der Waals surface area contributed by atoms with Crippen molar-refractivity contribution in [2.45, 2.75) is 218 Å². The molecule has 0 heterocycles. The quantitative estimate of drug-likeness (QED) is 0.0282. The molecular weight excluding hydrogens is 733 g/mol. The normalized spacial score (nSPS) is 17.6. The van der Waals surface area contributed by atoms with Gasteiger partial charge < -0.3 is 9.04 Å². The number of rotatable bonds is 34. The maximum absolute atomic E-state index is 14.6. The lowest BCUT2D eigenvalue weighted by Crippen LogP contribution is -2.49. The van der Waals surface area contributed by atoms with Crippen LogP contribution in [0.4, 0.5) is 39.5 Å². The van der Waals surface area contributed by atoms with Crippen LogP contribution in [-0.2, 0) is 10.1 Å². The first-order valence-electron chi connectivity index (χ1n) is 20.5. The minimum Gasteiger partial charge on any atom is -0.748 e. The highest BCUT2D eigenvalue weighted by Gasteiger charge is 2.49. The largest absolute Gasteiger partial charge is 0.748 e. The second-order valence-electron chi connectivity index (χ2n) is 14.5. The standard InChI is InChI=1S/C31H55F9O3S.C8H20N/c1-2-3-4-5-6-7-8-9-10-11-12-13-14-15-16-17-18-19-20-24(44(41,42)43)26(35)28(37)30(39)31(40)29(38)27(36)25(34)23(33)21-22-32;1-5-9(6-2,7-3)8-4/h23-31H,2-22H2,1H3,(H,41,42,43);5-8H2,1-4H3/q;+1/p-1. The van der Waals surface area contributed by atoms with Gasteiger partial charge in [0, 0.05) is 6.42 Å². The molecule has 0 N–H and O–H groups in total. The van der Waals surface area contributed by atoms with E-state index in [1.165, 1.54) is 94.9 Å². The van der Waals surface area contributed by atoms with Crippen LogP contribution in [-0.4, -0.2) is 105 Å². The predicted molar refractivity (Wildman–Crippen MR) is 199 cm³/mol. The van der Waals surface area contributed by atoms with Gasteiger partial charge in [-0.3, -0.25) is 4.39 Å². The van der Waals surface area contributed by atoms with Crippen molar-refractivity contribution in [2.24, 2.45) is 0 Å². The Morgan fingerprint density at radius 2 is 0.717 bits per heavy atom. The van der Waals surface area contributed by atoms with E-state index < -0.39 is 84.3 Å². The maximum atomic E-state index is 14.6. The molecule has 0 rings (SSSR count). The Labute approximate surface area is 317 Å². The van der Waals surface area contributed by atoms with Gasteiger partial charge in [-0.15, -0.1) is 0 Å². The summed E-state index contributed by atoms with van der Waals surface area (Å²) in [5.41, 5.74) is 0. The highest BCUT2D eigenvalue weighted by atomic mass is 32.2. The zero-order valence-corrected chi connectivity index (χ0v) is 34.2. The van der Waals surface area contributed by atoms with Crippen LogP contribution < -0.4 is 0 Å². The van der Waals surface area contributed by atoms with Gasteiger partial charge >= 0.3 is 0 Å². The second-order valence-corrected chi connectivity index (χ2v) is 16.1. The van der Waals surface area contributed by atoms with E-state index in [4.69, 9.17) is 0 Å². The highest BCUT2D eigenvalue weighted by molar-refractivity contribution is 7.86. The van der Waals surface area contributed by atoms with Crippen LogP contribution in [0, 0.1) is 0 Å². The van der Waals surface area contributed by atoms with Crippen LogP contribution in [0.15, 0.2) is 0 Å². The molecule has 14 heteroatoms. The van der Waals surface area contributed by atoms with Gasteiger partial charge in [0.15, 0.2) is 37.0 Å². The van der Waals surface area contributed by atoms with Gasteiger partial charge in [0.05, 0.1) is 38.1 Å². The van der Waals surface area contributed by atoms with Gasteiger partial charge in [-0.1, -0.05) is 122 Å². The number of hydrogen-bond donors (Lipinski definition) is 0. The maximum Gasteiger partial charge on any atom is 0.168 e. The SMILES string of the molecule is CCCCCCCCCCCCCCCCCCCCC(C(F)C(F)C(F)C(F)C(F)C(F)C(F)C(F)CCF)S(=O)(=O)[O-].CC[N+](CC)(CC)CC. The summed E-state index contributed by atoms with van der Waals surface area (Å²) in [6.45, 7) is 15.0. The highest BCUT2D eigenvalue weighted by Crippen LogP contribution is 2.31. The molecular formula is C39H74F9NO3S. The molecule has 0 aromatic carbocycles. The molecule has 0 aromatic rings. The molecule has 9 unspecified atom stereocenters. The van der Waals surface area contributed by atoms with Crippen LogP contribution >= 0.6 is 0 Å². The van der Waals surface area contributed by atoms with Crippen molar-refractivity contribution in [1.82, 2.24) is 0 Å². The molecule has 4 nitrogen and oxygen atoms in total. The first-order chi connectivity index (χ1) is 25.0. The van der Waals surface area contributed by atoms with Crippen molar-refractivity contribution in [2.75, 3.05) is 32.9 Å². The molecule has 0 fully saturated rings. The molecule has 53 heavy (non-hydrogen) atoms. The smallest absolute Gasteiger partial charge is 0.168 e. The summed E-state index contributed by atoms with van der Waals surface area (Å²) in [6, 6.07) is 0. The second kappa shape index (κ2) is 32.3. The van der Waals surface area contributed by atoms with Gasteiger partial charge in [-0.25, -0.2) is 43.5 Å². The number of hydrogen-bond acceptors (Lipinski definition) is 3. The summed E-state index contributed by atoms with van der Waals surface area (Å²) in [6.07, 6.45) is -11.6. The molecule has 0 aliphatic carbocycles. The topological polar surface area (TPSA) is 57.2 Å². The zero-order valence-electron chi connectivity index (χ0n) is 33.4. The first-order valence-corrected chi connectivity index (χ1v) is 22.0. The fourth-order valence-electron chi connectivity index (χ4n) is 6.60. The van der Waals surface area contributed by atoms with Crippen molar-refractivity contribution < 1.29 is 57.0 Å². The molecule has 322 valence electrons. The Morgan fingerprint density at radius 3 is 0.981 bits per heavy atom. The zero-order chi connectivity index (χ0) is 40.9. The summed E-state index contributed by atoms with van der Waals surface area (Å²) in [5, 5.41) is -2.60. The molecule has 0 saturated heterocycles. The third kappa shape index (κ3) is 23.8. The lowest BCUT2D eigenvalue weighted by Gasteiger charge is -2.34.